The van der Waals surface area contributed by atoms with E-state index >= 15 is 0 Å². The van der Waals surface area contributed by atoms with Gasteiger partial charge in [0.25, 0.3) is 0 Å². The standard InChI is InChI=1S/C11H18N6O3/c1-4-12-11-14-5-8(17(19)20)10(16-11)13-6-9(18)15-7(2)3/h5,7H,4,6H2,1-3H3,(H,15,18)(H2,12,13,14,16). The maximum absolute atomic E-state index is 11.5. The summed E-state index contributed by atoms with van der Waals surface area (Å²) in [6.45, 7) is 6.00. The van der Waals surface area contributed by atoms with Crippen LogP contribution in [0.4, 0.5) is 17.5 Å². The summed E-state index contributed by atoms with van der Waals surface area (Å²) < 4.78 is 0. The zero-order valence-electron chi connectivity index (χ0n) is 11.6. The number of nitrogens with zero attached hydrogens (tertiary/aromatic N) is 3. The van der Waals surface area contributed by atoms with Crippen molar-refractivity contribution in [2.45, 2.75) is 26.8 Å². The van der Waals surface area contributed by atoms with Gasteiger partial charge in [0.15, 0.2) is 0 Å². The minimum Gasteiger partial charge on any atom is -0.355 e. The van der Waals surface area contributed by atoms with Crippen LogP contribution in [0.25, 0.3) is 0 Å². The maximum atomic E-state index is 11.5. The summed E-state index contributed by atoms with van der Waals surface area (Å²) in [4.78, 5) is 29.6. The minimum absolute atomic E-state index is 0.00186. The Morgan fingerprint density at radius 2 is 2.15 bits per heavy atom. The monoisotopic (exact) mass is 282 g/mol. The topological polar surface area (TPSA) is 122 Å². The Hall–Kier alpha value is -2.45. The first-order valence-electron chi connectivity index (χ1n) is 6.22. The Labute approximate surface area is 116 Å². The van der Waals surface area contributed by atoms with Crippen molar-refractivity contribution in [3.05, 3.63) is 16.3 Å². The van der Waals surface area contributed by atoms with Crippen molar-refractivity contribution in [1.29, 1.82) is 0 Å². The third-order valence-electron chi connectivity index (χ3n) is 2.17. The number of hydrogen-bond donors (Lipinski definition) is 3. The summed E-state index contributed by atoms with van der Waals surface area (Å²) in [6.07, 6.45) is 1.10. The highest BCUT2D eigenvalue weighted by Crippen LogP contribution is 2.21. The molecular weight excluding hydrogens is 264 g/mol. The van der Waals surface area contributed by atoms with E-state index in [2.05, 4.69) is 25.9 Å². The van der Waals surface area contributed by atoms with Crippen molar-refractivity contribution >= 4 is 23.4 Å². The van der Waals surface area contributed by atoms with Crippen molar-refractivity contribution in [1.82, 2.24) is 15.3 Å². The largest absolute Gasteiger partial charge is 0.355 e. The SMILES string of the molecule is CCNc1ncc([N+](=O)[O-])c(NCC(=O)NC(C)C)n1. The van der Waals surface area contributed by atoms with Gasteiger partial charge in [-0.15, -0.1) is 0 Å². The van der Waals surface area contributed by atoms with Crippen LogP contribution in [0.15, 0.2) is 6.20 Å². The van der Waals surface area contributed by atoms with Gasteiger partial charge in [0.05, 0.1) is 11.5 Å². The van der Waals surface area contributed by atoms with E-state index in [9.17, 15) is 14.9 Å². The number of amides is 1. The van der Waals surface area contributed by atoms with Crippen molar-refractivity contribution in [2.75, 3.05) is 23.7 Å². The molecule has 1 aromatic heterocycles. The average molecular weight is 282 g/mol. The van der Waals surface area contributed by atoms with Crippen LogP contribution in [0.1, 0.15) is 20.8 Å². The molecule has 0 aromatic carbocycles. The summed E-state index contributed by atoms with van der Waals surface area (Å²) in [7, 11) is 0. The molecule has 0 aliphatic heterocycles. The Morgan fingerprint density at radius 3 is 2.70 bits per heavy atom. The molecule has 0 aliphatic carbocycles. The average Bonchev–Trinajstić information content (AvgIpc) is 2.36. The summed E-state index contributed by atoms with van der Waals surface area (Å²) in [5.74, 6) is 0.0163. The smallest absolute Gasteiger partial charge is 0.329 e. The van der Waals surface area contributed by atoms with Crippen LogP contribution in [-0.4, -0.2) is 39.9 Å². The zero-order valence-corrected chi connectivity index (χ0v) is 11.6. The Morgan fingerprint density at radius 1 is 1.45 bits per heavy atom. The van der Waals surface area contributed by atoms with E-state index in [0.717, 1.165) is 6.20 Å². The number of nitrogens with one attached hydrogen (secondary N) is 3. The van der Waals surface area contributed by atoms with Gasteiger partial charge in [0.2, 0.25) is 17.7 Å². The van der Waals surface area contributed by atoms with Crippen LogP contribution >= 0.6 is 0 Å². The van der Waals surface area contributed by atoms with Gasteiger partial charge in [0, 0.05) is 12.6 Å². The molecule has 9 heteroatoms. The summed E-state index contributed by atoms with van der Waals surface area (Å²) >= 11 is 0. The van der Waals surface area contributed by atoms with Gasteiger partial charge < -0.3 is 16.0 Å². The Kier molecular flexibility index (Phi) is 5.63. The van der Waals surface area contributed by atoms with E-state index in [1.165, 1.54) is 0 Å². The van der Waals surface area contributed by atoms with Gasteiger partial charge in [-0.25, -0.2) is 4.98 Å². The maximum Gasteiger partial charge on any atom is 0.329 e. The fourth-order valence-corrected chi connectivity index (χ4v) is 1.42. The second-order valence-corrected chi connectivity index (χ2v) is 4.29. The van der Waals surface area contributed by atoms with Crippen LogP contribution in [0.2, 0.25) is 0 Å². The van der Waals surface area contributed by atoms with Crippen LogP contribution in [0.3, 0.4) is 0 Å². The molecule has 0 radical (unpaired) electrons. The molecular formula is C11H18N6O3. The number of aromatic nitrogens is 2. The molecule has 1 amide bonds. The van der Waals surface area contributed by atoms with Crippen molar-refractivity contribution in [2.24, 2.45) is 0 Å². The van der Waals surface area contributed by atoms with Gasteiger partial charge in [-0.05, 0) is 20.8 Å². The molecule has 9 nitrogen and oxygen atoms in total. The summed E-state index contributed by atoms with van der Waals surface area (Å²) in [6, 6.07) is 0.00186. The fraction of sp³-hybridized carbons (Fsp3) is 0.545. The number of anilines is 2. The van der Waals surface area contributed by atoms with Gasteiger partial charge in [-0.1, -0.05) is 0 Å². The van der Waals surface area contributed by atoms with E-state index in [4.69, 9.17) is 0 Å². The van der Waals surface area contributed by atoms with E-state index in [0.29, 0.717) is 6.54 Å². The Bertz CT molecular complexity index is 491. The number of hydrogen-bond acceptors (Lipinski definition) is 7. The molecule has 0 bridgehead atoms. The predicted octanol–water partition coefficient (Wildman–Crippen LogP) is 0.753. The molecule has 0 spiro atoms. The van der Waals surface area contributed by atoms with E-state index in [-0.39, 0.29) is 35.9 Å². The lowest BCUT2D eigenvalue weighted by Gasteiger charge is -2.10. The molecule has 0 fully saturated rings. The van der Waals surface area contributed by atoms with Crippen LogP contribution in [0, 0.1) is 10.1 Å². The molecule has 1 aromatic rings. The molecule has 0 atom stereocenters. The predicted molar refractivity (Wildman–Crippen MR) is 74.6 cm³/mol. The molecule has 1 heterocycles. The first kappa shape index (κ1) is 15.6. The lowest BCUT2D eigenvalue weighted by atomic mass is 10.4. The van der Waals surface area contributed by atoms with Crippen LogP contribution in [0.5, 0.6) is 0 Å². The van der Waals surface area contributed by atoms with E-state index in [1.54, 1.807) is 0 Å². The number of nitro groups is 1. The molecule has 0 saturated heterocycles. The van der Waals surface area contributed by atoms with Gasteiger partial charge >= 0.3 is 5.69 Å². The number of carbonyl (C=O) groups is 1. The third-order valence-corrected chi connectivity index (χ3v) is 2.17. The van der Waals surface area contributed by atoms with E-state index < -0.39 is 4.92 Å². The van der Waals surface area contributed by atoms with Crippen LogP contribution in [-0.2, 0) is 4.79 Å². The molecule has 0 aliphatic rings. The molecule has 20 heavy (non-hydrogen) atoms. The second kappa shape index (κ2) is 7.22. The lowest BCUT2D eigenvalue weighted by Crippen LogP contribution is -2.35. The molecule has 3 N–H and O–H groups in total. The molecule has 0 unspecified atom stereocenters. The lowest BCUT2D eigenvalue weighted by molar-refractivity contribution is -0.384. The van der Waals surface area contributed by atoms with Crippen molar-refractivity contribution in [3.8, 4) is 0 Å². The normalized spacial score (nSPS) is 10.2. The fourth-order valence-electron chi connectivity index (χ4n) is 1.42. The quantitative estimate of drug-likeness (QED) is 0.498. The van der Waals surface area contributed by atoms with Crippen LogP contribution < -0.4 is 16.0 Å². The highest BCUT2D eigenvalue weighted by Gasteiger charge is 2.17. The van der Waals surface area contributed by atoms with Gasteiger partial charge in [-0.3, -0.25) is 14.9 Å². The zero-order chi connectivity index (χ0) is 15.1. The molecule has 1 rings (SSSR count). The molecule has 110 valence electrons. The highest BCUT2D eigenvalue weighted by molar-refractivity contribution is 5.81. The van der Waals surface area contributed by atoms with Gasteiger partial charge in [-0.2, -0.15) is 4.98 Å². The van der Waals surface area contributed by atoms with Crippen molar-refractivity contribution in [3.63, 3.8) is 0 Å². The van der Waals surface area contributed by atoms with Crippen molar-refractivity contribution < 1.29 is 9.72 Å². The highest BCUT2D eigenvalue weighted by atomic mass is 16.6. The first-order chi connectivity index (χ1) is 9.43. The van der Waals surface area contributed by atoms with E-state index in [1.807, 2.05) is 20.8 Å². The van der Waals surface area contributed by atoms with Gasteiger partial charge in [0.1, 0.15) is 6.20 Å². The Balaban J connectivity index is 2.82. The third kappa shape index (κ3) is 4.67. The number of carbonyl (C=O) groups excluding carboxylic acids is 1. The molecule has 0 saturated carbocycles. The number of rotatable bonds is 7. The first-order valence-corrected chi connectivity index (χ1v) is 6.22. The minimum atomic E-state index is -0.599. The summed E-state index contributed by atoms with van der Waals surface area (Å²) in [5, 5.41) is 19.1. The second-order valence-electron chi connectivity index (χ2n) is 4.29. The summed E-state index contributed by atoms with van der Waals surface area (Å²) in [5.41, 5.74) is -0.274.